The van der Waals surface area contributed by atoms with Crippen molar-refractivity contribution < 1.29 is 19.1 Å². The molecule has 0 radical (unpaired) electrons. The monoisotopic (exact) mass is 301 g/mol. The van der Waals surface area contributed by atoms with E-state index in [1.807, 2.05) is 30.3 Å². The van der Waals surface area contributed by atoms with Crippen molar-refractivity contribution in [3.63, 3.8) is 0 Å². The molecule has 5 nitrogen and oxygen atoms in total. The van der Waals surface area contributed by atoms with Gasteiger partial charge in [0.15, 0.2) is 0 Å². The highest BCUT2D eigenvalue weighted by Gasteiger charge is 2.45. The van der Waals surface area contributed by atoms with Gasteiger partial charge in [-0.3, -0.25) is 9.59 Å². The maximum Gasteiger partial charge on any atom is 0.302 e. The Morgan fingerprint density at radius 2 is 2.09 bits per heavy atom. The molecule has 3 rings (SSSR count). The molecule has 0 spiro atoms. The van der Waals surface area contributed by atoms with Gasteiger partial charge in [-0.15, -0.1) is 0 Å². The molecule has 0 aromatic heterocycles. The third kappa shape index (κ3) is 3.04. The number of rotatable bonds is 4. The molecule has 1 fully saturated rings. The Morgan fingerprint density at radius 3 is 2.82 bits per heavy atom. The zero-order valence-corrected chi connectivity index (χ0v) is 12.5. The minimum absolute atomic E-state index is 0.0424. The van der Waals surface area contributed by atoms with E-state index in [4.69, 9.17) is 9.47 Å². The van der Waals surface area contributed by atoms with Crippen LogP contribution in [0.2, 0.25) is 0 Å². The molecule has 2 aliphatic rings. The summed E-state index contributed by atoms with van der Waals surface area (Å²) in [4.78, 5) is 25.0. The van der Waals surface area contributed by atoms with Gasteiger partial charge in [-0.05, 0) is 11.6 Å². The summed E-state index contributed by atoms with van der Waals surface area (Å²) in [6, 6.07) is 9.63. The first-order valence-electron chi connectivity index (χ1n) is 7.46. The van der Waals surface area contributed by atoms with E-state index in [-0.39, 0.29) is 30.1 Å². The van der Waals surface area contributed by atoms with E-state index in [2.05, 4.69) is 0 Å². The lowest BCUT2D eigenvalue weighted by atomic mass is 10.0. The van der Waals surface area contributed by atoms with Gasteiger partial charge in [0, 0.05) is 26.0 Å². The van der Waals surface area contributed by atoms with Crippen LogP contribution in [0.25, 0.3) is 0 Å². The average Bonchev–Trinajstić information content (AvgIpc) is 2.92. The van der Waals surface area contributed by atoms with E-state index < -0.39 is 0 Å². The lowest BCUT2D eigenvalue weighted by Crippen LogP contribution is -2.50. The maximum atomic E-state index is 12.0. The van der Waals surface area contributed by atoms with Crippen LogP contribution in [0.15, 0.2) is 42.5 Å². The largest absolute Gasteiger partial charge is 0.460 e. The van der Waals surface area contributed by atoms with Gasteiger partial charge in [-0.2, -0.15) is 0 Å². The number of nitrogens with zero attached hydrogens (tertiary/aromatic N) is 1. The van der Waals surface area contributed by atoms with E-state index in [9.17, 15) is 9.59 Å². The summed E-state index contributed by atoms with van der Waals surface area (Å²) in [6.45, 7) is 2.45. The number of esters is 1. The zero-order chi connectivity index (χ0) is 15.5. The Labute approximate surface area is 129 Å². The van der Waals surface area contributed by atoms with E-state index in [0.717, 1.165) is 5.56 Å². The van der Waals surface area contributed by atoms with E-state index in [1.165, 1.54) is 6.92 Å². The lowest BCUT2D eigenvalue weighted by molar-refractivity contribution is -0.152. The minimum Gasteiger partial charge on any atom is -0.460 e. The molecular formula is C17H19NO4. The van der Waals surface area contributed by atoms with Crippen molar-refractivity contribution in [3.05, 3.63) is 48.0 Å². The second-order valence-electron chi connectivity index (χ2n) is 5.58. The molecule has 5 heteroatoms. The smallest absolute Gasteiger partial charge is 0.302 e. The number of fused-ring (bicyclic) bond motifs is 1. The van der Waals surface area contributed by atoms with Crippen molar-refractivity contribution in [3.8, 4) is 0 Å². The maximum absolute atomic E-state index is 12.0. The molecule has 3 atom stereocenters. The van der Waals surface area contributed by atoms with Crippen LogP contribution in [0.3, 0.4) is 0 Å². The zero-order valence-electron chi connectivity index (χ0n) is 12.5. The number of hydrogen-bond donors (Lipinski definition) is 0. The molecule has 0 bridgehead atoms. The standard InChI is InChI=1S/C17H19NO4/c1-12(19)22-15-9-10-18-16(20)8-7-14(17(15)18)21-11-13-5-3-2-4-6-13/h2-8,14-15,17H,9-11H2,1H3/t14?,15-,17?/m0/s1. The molecule has 1 amide bonds. The van der Waals surface area contributed by atoms with E-state index >= 15 is 0 Å². The third-order valence-electron chi connectivity index (χ3n) is 4.05. The van der Waals surface area contributed by atoms with Gasteiger partial charge in [0.1, 0.15) is 12.2 Å². The molecule has 2 unspecified atom stereocenters. The van der Waals surface area contributed by atoms with Crippen LogP contribution in [0.1, 0.15) is 18.9 Å². The van der Waals surface area contributed by atoms with Crippen LogP contribution in [0.4, 0.5) is 0 Å². The van der Waals surface area contributed by atoms with Crippen molar-refractivity contribution in [2.75, 3.05) is 6.54 Å². The summed E-state index contributed by atoms with van der Waals surface area (Å²) >= 11 is 0. The van der Waals surface area contributed by atoms with Gasteiger partial charge < -0.3 is 14.4 Å². The topological polar surface area (TPSA) is 55.8 Å². The van der Waals surface area contributed by atoms with Gasteiger partial charge in [0.2, 0.25) is 5.91 Å². The fourth-order valence-corrected chi connectivity index (χ4v) is 3.08. The number of hydrogen-bond acceptors (Lipinski definition) is 4. The fourth-order valence-electron chi connectivity index (χ4n) is 3.08. The Kier molecular flexibility index (Phi) is 4.24. The van der Waals surface area contributed by atoms with Crippen molar-refractivity contribution >= 4 is 11.9 Å². The first-order chi connectivity index (χ1) is 10.6. The molecule has 0 aliphatic carbocycles. The van der Waals surface area contributed by atoms with Crippen molar-refractivity contribution in [2.45, 2.75) is 38.2 Å². The van der Waals surface area contributed by atoms with Crippen molar-refractivity contribution in [1.29, 1.82) is 0 Å². The second-order valence-corrected chi connectivity index (χ2v) is 5.58. The molecule has 1 aromatic rings. The SMILES string of the molecule is CC(=O)O[C@H]1CCN2C(=O)C=CC(OCc3ccccc3)C12. The van der Waals surface area contributed by atoms with Gasteiger partial charge >= 0.3 is 5.97 Å². The van der Waals surface area contributed by atoms with Crippen molar-refractivity contribution in [1.82, 2.24) is 4.90 Å². The fraction of sp³-hybridized carbons (Fsp3) is 0.412. The normalized spacial score (nSPS) is 26.9. The third-order valence-corrected chi connectivity index (χ3v) is 4.05. The first-order valence-corrected chi connectivity index (χ1v) is 7.46. The molecule has 0 saturated carbocycles. The Morgan fingerprint density at radius 1 is 1.32 bits per heavy atom. The van der Waals surface area contributed by atoms with Gasteiger partial charge in [-0.1, -0.05) is 30.3 Å². The summed E-state index contributed by atoms with van der Waals surface area (Å²) in [5.74, 6) is -0.366. The van der Waals surface area contributed by atoms with Crippen LogP contribution >= 0.6 is 0 Å². The van der Waals surface area contributed by atoms with Crippen LogP contribution < -0.4 is 0 Å². The number of benzene rings is 1. The second kappa shape index (κ2) is 6.32. The number of ether oxygens (including phenoxy) is 2. The molecule has 22 heavy (non-hydrogen) atoms. The molecule has 1 saturated heterocycles. The Balaban J connectivity index is 1.72. The first kappa shape index (κ1) is 14.8. The Hall–Kier alpha value is -2.14. The predicted molar refractivity (Wildman–Crippen MR) is 79.8 cm³/mol. The predicted octanol–water partition coefficient (Wildman–Crippen LogP) is 1.67. The Bertz CT molecular complexity index is 584. The lowest BCUT2D eigenvalue weighted by Gasteiger charge is -2.35. The number of carbonyl (C=O) groups excluding carboxylic acids is 2. The number of carbonyl (C=O) groups is 2. The highest BCUT2D eigenvalue weighted by Crippen LogP contribution is 2.29. The van der Waals surface area contributed by atoms with Crippen LogP contribution in [0.5, 0.6) is 0 Å². The molecule has 0 N–H and O–H groups in total. The average molecular weight is 301 g/mol. The van der Waals surface area contributed by atoms with Crippen LogP contribution in [-0.4, -0.2) is 41.6 Å². The van der Waals surface area contributed by atoms with E-state index in [0.29, 0.717) is 19.6 Å². The highest BCUT2D eigenvalue weighted by molar-refractivity contribution is 5.89. The molecule has 116 valence electrons. The van der Waals surface area contributed by atoms with Gasteiger partial charge in [0.25, 0.3) is 0 Å². The summed E-state index contributed by atoms with van der Waals surface area (Å²) in [6.07, 6.45) is 3.41. The highest BCUT2D eigenvalue weighted by atomic mass is 16.5. The van der Waals surface area contributed by atoms with Crippen molar-refractivity contribution in [2.24, 2.45) is 0 Å². The van der Waals surface area contributed by atoms with Gasteiger partial charge in [-0.25, -0.2) is 0 Å². The number of amides is 1. The summed E-state index contributed by atoms with van der Waals surface area (Å²) < 4.78 is 11.3. The van der Waals surface area contributed by atoms with Crippen LogP contribution in [0, 0.1) is 0 Å². The molecule has 2 heterocycles. The minimum atomic E-state index is -0.323. The summed E-state index contributed by atoms with van der Waals surface area (Å²) in [5.41, 5.74) is 1.07. The molecule has 2 aliphatic heterocycles. The van der Waals surface area contributed by atoms with E-state index in [1.54, 1.807) is 17.1 Å². The molecular weight excluding hydrogens is 282 g/mol. The van der Waals surface area contributed by atoms with Crippen LogP contribution in [-0.2, 0) is 25.7 Å². The van der Waals surface area contributed by atoms with Gasteiger partial charge in [0.05, 0.1) is 12.6 Å². The summed E-state index contributed by atoms with van der Waals surface area (Å²) in [7, 11) is 0. The summed E-state index contributed by atoms with van der Waals surface area (Å²) in [5, 5.41) is 0. The molecule has 1 aromatic carbocycles. The quantitative estimate of drug-likeness (QED) is 0.794.